The average molecular weight is 369 g/mol. The van der Waals surface area contributed by atoms with Crippen molar-refractivity contribution in [1.29, 1.82) is 0 Å². The van der Waals surface area contributed by atoms with E-state index in [0.717, 1.165) is 48.6 Å². The molecule has 2 aromatic carbocycles. The van der Waals surface area contributed by atoms with Crippen LogP contribution >= 0.6 is 11.6 Å². The van der Waals surface area contributed by atoms with Gasteiger partial charge in [-0.15, -0.1) is 0 Å². The summed E-state index contributed by atoms with van der Waals surface area (Å²) in [6.07, 6.45) is 3.99. The van der Waals surface area contributed by atoms with E-state index in [1.807, 2.05) is 36.4 Å². The van der Waals surface area contributed by atoms with Crippen LogP contribution in [0.15, 0.2) is 59.5 Å². The first-order valence-electron chi connectivity index (χ1n) is 8.92. The van der Waals surface area contributed by atoms with E-state index in [-0.39, 0.29) is 11.7 Å². The van der Waals surface area contributed by atoms with Crippen molar-refractivity contribution in [1.82, 2.24) is 9.88 Å². The molecule has 0 aliphatic carbocycles. The highest BCUT2D eigenvalue weighted by Gasteiger charge is 2.21. The maximum absolute atomic E-state index is 11.8. The molecule has 1 unspecified atom stereocenters. The van der Waals surface area contributed by atoms with Gasteiger partial charge in [0.1, 0.15) is 11.9 Å². The number of nitrogens with one attached hydrogen (secondary N) is 1. The zero-order chi connectivity index (χ0) is 17.9. The van der Waals surface area contributed by atoms with Gasteiger partial charge in [0.2, 0.25) is 0 Å². The van der Waals surface area contributed by atoms with Crippen LogP contribution in [0.25, 0.3) is 10.8 Å². The second-order valence-corrected chi connectivity index (χ2v) is 7.24. The number of benzene rings is 2. The Labute approximate surface area is 157 Å². The van der Waals surface area contributed by atoms with Gasteiger partial charge in [-0.3, -0.25) is 9.69 Å². The highest BCUT2D eigenvalue weighted by atomic mass is 35.5. The van der Waals surface area contributed by atoms with E-state index in [0.29, 0.717) is 5.39 Å². The maximum Gasteiger partial charge on any atom is 0.255 e. The van der Waals surface area contributed by atoms with Crippen LogP contribution in [0.1, 0.15) is 18.4 Å². The SMILES string of the molecule is O=c1[nH]ccc2cc(OC3CCCN(Cc4ccc(Cl)cc4)C3)ccc12. The van der Waals surface area contributed by atoms with Gasteiger partial charge >= 0.3 is 0 Å². The Balaban J connectivity index is 1.43. The van der Waals surface area contributed by atoms with Crippen molar-refractivity contribution in [2.75, 3.05) is 13.1 Å². The lowest BCUT2D eigenvalue weighted by atomic mass is 10.1. The molecule has 4 rings (SSSR count). The minimum absolute atomic E-state index is 0.0687. The molecule has 0 radical (unpaired) electrons. The number of H-pyrrole nitrogens is 1. The standard InChI is InChI=1S/C21H21ClN2O2/c22-17-5-3-15(4-6-17)13-24-11-1-2-19(14-24)26-18-7-8-20-16(12-18)9-10-23-21(20)25/h3-10,12,19H,1-2,11,13-14H2,(H,23,25). The number of hydrogen-bond acceptors (Lipinski definition) is 3. The Hall–Kier alpha value is -2.30. The lowest BCUT2D eigenvalue weighted by Crippen LogP contribution is -2.40. The minimum atomic E-state index is -0.0687. The van der Waals surface area contributed by atoms with Crippen LogP contribution in [0, 0.1) is 0 Å². The summed E-state index contributed by atoms with van der Waals surface area (Å²) in [6.45, 7) is 2.88. The fraction of sp³-hybridized carbons (Fsp3) is 0.286. The van der Waals surface area contributed by atoms with Gasteiger partial charge in [-0.05, 0) is 66.7 Å². The van der Waals surface area contributed by atoms with E-state index in [2.05, 4.69) is 22.0 Å². The van der Waals surface area contributed by atoms with Crippen molar-refractivity contribution >= 4 is 22.4 Å². The van der Waals surface area contributed by atoms with E-state index in [4.69, 9.17) is 16.3 Å². The van der Waals surface area contributed by atoms with Gasteiger partial charge in [0, 0.05) is 29.7 Å². The molecule has 1 N–H and O–H groups in total. The molecule has 1 saturated heterocycles. The van der Waals surface area contributed by atoms with Crippen LogP contribution in [-0.4, -0.2) is 29.1 Å². The molecular weight excluding hydrogens is 348 g/mol. The molecule has 26 heavy (non-hydrogen) atoms. The monoisotopic (exact) mass is 368 g/mol. The van der Waals surface area contributed by atoms with Crippen LogP contribution in [0.4, 0.5) is 0 Å². The first kappa shape index (κ1) is 17.1. The topological polar surface area (TPSA) is 45.3 Å². The van der Waals surface area contributed by atoms with E-state index in [1.54, 1.807) is 6.20 Å². The van der Waals surface area contributed by atoms with Crippen molar-refractivity contribution in [2.24, 2.45) is 0 Å². The van der Waals surface area contributed by atoms with Crippen LogP contribution in [-0.2, 0) is 6.54 Å². The first-order chi connectivity index (χ1) is 12.7. The Kier molecular flexibility index (Phi) is 4.96. The quantitative estimate of drug-likeness (QED) is 0.749. The highest BCUT2D eigenvalue weighted by molar-refractivity contribution is 6.30. The fourth-order valence-corrected chi connectivity index (χ4v) is 3.66. The Morgan fingerprint density at radius 2 is 2.00 bits per heavy atom. The van der Waals surface area contributed by atoms with Crippen LogP contribution in [0.3, 0.4) is 0 Å². The molecule has 0 spiro atoms. The van der Waals surface area contributed by atoms with Crippen molar-refractivity contribution in [2.45, 2.75) is 25.5 Å². The largest absolute Gasteiger partial charge is 0.489 e. The Morgan fingerprint density at radius 1 is 1.15 bits per heavy atom. The average Bonchev–Trinajstić information content (AvgIpc) is 2.64. The summed E-state index contributed by atoms with van der Waals surface area (Å²) in [6, 6.07) is 15.6. The second-order valence-electron chi connectivity index (χ2n) is 6.80. The van der Waals surface area contributed by atoms with Gasteiger partial charge in [-0.1, -0.05) is 23.7 Å². The summed E-state index contributed by atoms with van der Waals surface area (Å²) in [7, 11) is 0. The maximum atomic E-state index is 11.8. The number of hydrogen-bond donors (Lipinski definition) is 1. The van der Waals surface area contributed by atoms with E-state index in [1.165, 1.54) is 5.56 Å². The molecule has 134 valence electrons. The lowest BCUT2D eigenvalue weighted by molar-refractivity contribution is 0.0844. The smallest absolute Gasteiger partial charge is 0.255 e. The number of aromatic nitrogens is 1. The van der Waals surface area contributed by atoms with Crippen molar-refractivity contribution in [3.63, 3.8) is 0 Å². The number of ether oxygens (including phenoxy) is 1. The summed E-state index contributed by atoms with van der Waals surface area (Å²) in [5.41, 5.74) is 1.20. The zero-order valence-electron chi connectivity index (χ0n) is 14.5. The molecule has 4 nitrogen and oxygen atoms in total. The van der Waals surface area contributed by atoms with Gasteiger partial charge in [0.15, 0.2) is 0 Å². The number of pyridine rings is 1. The van der Waals surface area contributed by atoms with E-state index >= 15 is 0 Å². The van der Waals surface area contributed by atoms with Crippen LogP contribution in [0.5, 0.6) is 5.75 Å². The zero-order valence-corrected chi connectivity index (χ0v) is 15.2. The summed E-state index contributed by atoms with van der Waals surface area (Å²) in [4.78, 5) is 16.9. The summed E-state index contributed by atoms with van der Waals surface area (Å²) in [5.74, 6) is 0.821. The van der Waals surface area contributed by atoms with Crippen LogP contribution in [0.2, 0.25) is 5.02 Å². The summed E-state index contributed by atoms with van der Waals surface area (Å²) >= 11 is 5.96. The minimum Gasteiger partial charge on any atom is -0.489 e. The number of fused-ring (bicyclic) bond motifs is 1. The predicted molar refractivity (Wildman–Crippen MR) is 105 cm³/mol. The number of nitrogens with zero attached hydrogens (tertiary/aromatic N) is 1. The molecule has 2 heterocycles. The van der Waals surface area contributed by atoms with Gasteiger partial charge in [-0.25, -0.2) is 0 Å². The predicted octanol–water partition coefficient (Wildman–Crippen LogP) is 4.22. The molecule has 1 aromatic heterocycles. The van der Waals surface area contributed by atoms with Gasteiger partial charge < -0.3 is 9.72 Å². The number of piperidine rings is 1. The van der Waals surface area contributed by atoms with Gasteiger partial charge in [-0.2, -0.15) is 0 Å². The molecule has 0 bridgehead atoms. The van der Waals surface area contributed by atoms with Crippen LogP contribution < -0.4 is 10.3 Å². The number of halogens is 1. The number of likely N-dealkylation sites (tertiary alicyclic amines) is 1. The van der Waals surface area contributed by atoms with Crippen molar-refractivity contribution < 1.29 is 4.74 Å². The second kappa shape index (κ2) is 7.52. The third-order valence-corrected chi connectivity index (χ3v) is 5.08. The number of rotatable bonds is 4. The summed E-state index contributed by atoms with van der Waals surface area (Å²) < 4.78 is 6.22. The van der Waals surface area contributed by atoms with E-state index in [9.17, 15) is 4.79 Å². The highest BCUT2D eigenvalue weighted by Crippen LogP contribution is 2.23. The van der Waals surface area contributed by atoms with Gasteiger partial charge in [0.25, 0.3) is 5.56 Å². The molecule has 0 saturated carbocycles. The molecule has 5 heteroatoms. The fourth-order valence-electron chi connectivity index (χ4n) is 3.54. The Bertz CT molecular complexity index is 952. The molecule has 1 aliphatic rings. The van der Waals surface area contributed by atoms with Crippen molar-refractivity contribution in [3.8, 4) is 5.75 Å². The Morgan fingerprint density at radius 3 is 2.85 bits per heavy atom. The third kappa shape index (κ3) is 3.92. The molecule has 0 amide bonds. The molecule has 1 atom stereocenters. The van der Waals surface area contributed by atoms with E-state index < -0.39 is 0 Å². The van der Waals surface area contributed by atoms with Gasteiger partial charge in [0.05, 0.1) is 0 Å². The lowest BCUT2D eigenvalue weighted by Gasteiger charge is -2.33. The number of aromatic amines is 1. The molecule has 3 aromatic rings. The van der Waals surface area contributed by atoms with Crippen molar-refractivity contribution in [3.05, 3.63) is 75.7 Å². The third-order valence-electron chi connectivity index (χ3n) is 4.83. The molecular formula is C21H21ClN2O2. The summed E-state index contributed by atoms with van der Waals surface area (Å²) in [5, 5.41) is 2.36. The first-order valence-corrected chi connectivity index (χ1v) is 9.30. The molecule has 1 aliphatic heterocycles. The molecule has 1 fully saturated rings. The normalized spacial score (nSPS) is 18.1.